The second-order valence-electron chi connectivity index (χ2n) is 7.63. The van der Waals surface area contributed by atoms with Gasteiger partial charge < -0.3 is 9.84 Å². The molecule has 0 saturated carbocycles. The highest BCUT2D eigenvalue weighted by Gasteiger charge is 2.25. The summed E-state index contributed by atoms with van der Waals surface area (Å²) in [4.78, 5) is 20.3. The van der Waals surface area contributed by atoms with E-state index in [0.29, 0.717) is 34.8 Å². The number of likely N-dealkylation sites (tertiary alicyclic amines) is 1. The smallest absolute Gasteiger partial charge is 0.241 e. The molecule has 10 heteroatoms. The van der Waals surface area contributed by atoms with Crippen molar-refractivity contribution in [3.8, 4) is 10.7 Å². The van der Waals surface area contributed by atoms with E-state index in [2.05, 4.69) is 20.4 Å². The van der Waals surface area contributed by atoms with Gasteiger partial charge in [0.2, 0.25) is 17.6 Å². The lowest BCUT2D eigenvalue weighted by Gasteiger charge is -2.30. The summed E-state index contributed by atoms with van der Waals surface area (Å²) in [6, 6.07) is 9.63. The molecule has 1 amide bonds. The van der Waals surface area contributed by atoms with Gasteiger partial charge in [-0.15, -0.1) is 11.3 Å². The molecule has 0 radical (unpaired) electrons. The number of aromatic nitrogens is 2. The van der Waals surface area contributed by atoms with E-state index >= 15 is 0 Å². The van der Waals surface area contributed by atoms with Crippen LogP contribution in [0.3, 0.4) is 0 Å². The van der Waals surface area contributed by atoms with Gasteiger partial charge >= 0.3 is 0 Å². The fraction of sp³-hybridized carbons (Fsp3) is 0.409. The summed E-state index contributed by atoms with van der Waals surface area (Å²) in [5.41, 5.74) is 1.13. The number of thioether (sulfide) groups is 1. The number of amides is 1. The fourth-order valence-corrected chi connectivity index (χ4v) is 5.36. The number of piperidine rings is 1. The Balaban J connectivity index is 1.12. The zero-order valence-corrected chi connectivity index (χ0v) is 20.6. The largest absolute Gasteiger partial charge is 0.355 e. The van der Waals surface area contributed by atoms with Crippen LogP contribution in [0.5, 0.6) is 0 Å². The number of thiophene rings is 1. The average molecular weight is 512 g/mol. The third-order valence-electron chi connectivity index (χ3n) is 5.33. The molecule has 1 fully saturated rings. The van der Waals surface area contributed by atoms with Crippen LogP contribution in [0, 0.1) is 5.92 Å². The number of nitrogens with zero attached hydrogens (tertiary/aromatic N) is 3. The van der Waals surface area contributed by atoms with E-state index in [1.165, 1.54) is 0 Å². The first-order chi connectivity index (χ1) is 15.6. The van der Waals surface area contributed by atoms with E-state index < -0.39 is 0 Å². The number of halogens is 2. The fourth-order valence-electron chi connectivity index (χ4n) is 3.58. The van der Waals surface area contributed by atoms with Crippen LogP contribution in [0.25, 0.3) is 10.7 Å². The van der Waals surface area contributed by atoms with E-state index in [-0.39, 0.29) is 11.8 Å². The molecule has 0 bridgehead atoms. The van der Waals surface area contributed by atoms with Crippen LogP contribution < -0.4 is 5.32 Å². The summed E-state index contributed by atoms with van der Waals surface area (Å²) in [6.45, 7) is 2.98. The second kappa shape index (κ2) is 11.5. The third-order valence-corrected chi connectivity index (χ3v) is 7.96. The third kappa shape index (κ3) is 6.48. The van der Waals surface area contributed by atoms with Crippen molar-refractivity contribution in [1.82, 2.24) is 20.4 Å². The first-order valence-corrected chi connectivity index (χ1v) is 13.3. The number of carbonyl (C=O) groups excluding carboxylic acids is 1. The Morgan fingerprint density at radius 2 is 2.09 bits per heavy atom. The Labute approximate surface area is 205 Å². The Morgan fingerprint density at radius 3 is 2.84 bits per heavy atom. The number of hydrogen-bond acceptors (Lipinski definition) is 7. The molecule has 0 atom stereocenters. The predicted octanol–water partition coefficient (Wildman–Crippen LogP) is 5.37. The van der Waals surface area contributed by atoms with Crippen LogP contribution in [-0.4, -0.2) is 46.3 Å². The quantitative estimate of drug-likeness (QED) is 0.390. The molecule has 1 aliphatic heterocycles. The molecular formula is C22H24Cl2N4O2S2. The maximum Gasteiger partial charge on any atom is 0.241 e. The molecule has 6 nitrogen and oxygen atoms in total. The molecule has 3 heterocycles. The Morgan fingerprint density at radius 1 is 1.25 bits per heavy atom. The zero-order valence-electron chi connectivity index (χ0n) is 17.4. The van der Waals surface area contributed by atoms with Crippen molar-refractivity contribution in [3.05, 3.63) is 57.2 Å². The van der Waals surface area contributed by atoms with Crippen molar-refractivity contribution in [3.63, 3.8) is 0 Å². The van der Waals surface area contributed by atoms with Gasteiger partial charge in [0.25, 0.3) is 0 Å². The Kier molecular flexibility index (Phi) is 8.49. The van der Waals surface area contributed by atoms with Crippen LogP contribution in [0.2, 0.25) is 10.0 Å². The van der Waals surface area contributed by atoms with Gasteiger partial charge in [-0.05, 0) is 55.1 Å². The van der Waals surface area contributed by atoms with Crippen LogP contribution >= 0.6 is 46.3 Å². The van der Waals surface area contributed by atoms with E-state index in [4.69, 9.17) is 27.7 Å². The van der Waals surface area contributed by atoms with E-state index in [9.17, 15) is 4.79 Å². The lowest BCUT2D eigenvalue weighted by atomic mass is 9.96. The minimum absolute atomic E-state index is 0.0655. The number of benzene rings is 1. The van der Waals surface area contributed by atoms with Crippen molar-refractivity contribution >= 4 is 52.2 Å². The van der Waals surface area contributed by atoms with Crippen LogP contribution in [-0.2, 0) is 17.1 Å². The minimum Gasteiger partial charge on any atom is -0.355 e. The normalized spacial score (nSPS) is 15.2. The van der Waals surface area contributed by atoms with Gasteiger partial charge in [0, 0.05) is 24.0 Å². The average Bonchev–Trinajstić information content (AvgIpc) is 3.48. The van der Waals surface area contributed by atoms with Gasteiger partial charge in [0.15, 0.2) is 0 Å². The molecule has 1 N–H and O–H groups in total. The van der Waals surface area contributed by atoms with Crippen molar-refractivity contribution in [2.24, 2.45) is 5.92 Å². The lowest BCUT2D eigenvalue weighted by Crippen LogP contribution is -2.40. The molecular weight excluding hydrogens is 487 g/mol. The van der Waals surface area contributed by atoms with Gasteiger partial charge in [-0.1, -0.05) is 40.5 Å². The van der Waals surface area contributed by atoms with Gasteiger partial charge in [-0.25, -0.2) is 0 Å². The van der Waals surface area contributed by atoms with Gasteiger partial charge in [0.05, 0.1) is 21.5 Å². The van der Waals surface area contributed by atoms with Crippen molar-refractivity contribution in [2.45, 2.75) is 25.1 Å². The molecule has 32 heavy (non-hydrogen) atoms. The summed E-state index contributed by atoms with van der Waals surface area (Å²) in [6.07, 6.45) is 1.68. The molecule has 3 aromatic rings. The van der Waals surface area contributed by atoms with Crippen molar-refractivity contribution in [1.29, 1.82) is 0 Å². The van der Waals surface area contributed by atoms with Crippen molar-refractivity contribution < 1.29 is 9.32 Å². The predicted molar refractivity (Wildman–Crippen MR) is 131 cm³/mol. The van der Waals surface area contributed by atoms with Gasteiger partial charge in [0.1, 0.15) is 0 Å². The molecule has 2 aromatic heterocycles. The highest BCUT2D eigenvalue weighted by atomic mass is 35.5. The molecule has 170 valence electrons. The summed E-state index contributed by atoms with van der Waals surface area (Å²) in [5.74, 6) is 3.17. The van der Waals surface area contributed by atoms with E-state index in [0.717, 1.165) is 47.9 Å². The first-order valence-electron chi connectivity index (χ1n) is 10.5. The van der Waals surface area contributed by atoms with Gasteiger partial charge in [-0.2, -0.15) is 16.7 Å². The maximum atomic E-state index is 12.5. The van der Waals surface area contributed by atoms with Crippen LogP contribution in [0.15, 0.2) is 40.2 Å². The Hall–Kier alpha value is -1.58. The standard InChI is InChI=1S/C22H24Cl2N4O2S2/c23-17-4-3-15(12-18(17)24)14-31-11-7-25-22(29)16-5-8-28(9-6-16)13-20-26-21(27-30-20)19-2-1-10-32-19/h1-4,10,12,16H,5-9,11,13-14H2,(H,25,29). The summed E-state index contributed by atoms with van der Waals surface area (Å²) in [5, 5.41) is 10.3. The number of carbonyl (C=O) groups is 1. The van der Waals surface area contributed by atoms with Crippen LogP contribution in [0.4, 0.5) is 0 Å². The summed E-state index contributed by atoms with van der Waals surface area (Å²) in [7, 11) is 0. The topological polar surface area (TPSA) is 71.3 Å². The molecule has 1 saturated heterocycles. The maximum absolute atomic E-state index is 12.5. The van der Waals surface area contributed by atoms with E-state index in [1.54, 1.807) is 23.1 Å². The zero-order chi connectivity index (χ0) is 22.3. The Bertz CT molecular complexity index is 1020. The van der Waals surface area contributed by atoms with E-state index in [1.807, 2.05) is 35.7 Å². The summed E-state index contributed by atoms with van der Waals surface area (Å²) < 4.78 is 5.39. The van der Waals surface area contributed by atoms with Crippen molar-refractivity contribution in [2.75, 3.05) is 25.4 Å². The number of rotatable bonds is 9. The minimum atomic E-state index is 0.0655. The molecule has 0 unspecified atom stereocenters. The molecule has 1 aromatic carbocycles. The monoisotopic (exact) mass is 510 g/mol. The van der Waals surface area contributed by atoms with Gasteiger partial charge in [-0.3, -0.25) is 9.69 Å². The molecule has 0 spiro atoms. The summed E-state index contributed by atoms with van der Waals surface area (Å²) >= 11 is 15.3. The lowest BCUT2D eigenvalue weighted by molar-refractivity contribution is -0.126. The highest BCUT2D eigenvalue weighted by molar-refractivity contribution is 7.98. The second-order valence-corrected chi connectivity index (χ2v) is 10.5. The molecule has 0 aliphatic carbocycles. The van der Waals surface area contributed by atoms with Crippen LogP contribution in [0.1, 0.15) is 24.3 Å². The molecule has 4 rings (SSSR count). The number of nitrogens with one attached hydrogen (secondary N) is 1. The SMILES string of the molecule is O=C(NCCSCc1ccc(Cl)c(Cl)c1)C1CCN(Cc2nc(-c3cccs3)no2)CC1. The first kappa shape index (κ1) is 23.6. The number of hydrogen-bond donors (Lipinski definition) is 1. The molecule has 1 aliphatic rings. The highest BCUT2D eigenvalue weighted by Crippen LogP contribution is 2.25.